The van der Waals surface area contributed by atoms with E-state index in [-0.39, 0.29) is 76.1 Å². The van der Waals surface area contributed by atoms with E-state index in [1.165, 1.54) is 0 Å². The summed E-state index contributed by atoms with van der Waals surface area (Å²) in [4.78, 5) is 68.2. The highest BCUT2D eigenvalue weighted by molar-refractivity contribution is 6.03. The van der Waals surface area contributed by atoms with Gasteiger partial charge in [-0.3, -0.25) is 24.0 Å². The van der Waals surface area contributed by atoms with Crippen LogP contribution in [0.2, 0.25) is 0 Å². The lowest BCUT2D eigenvalue weighted by Crippen LogP contribution is -2.68. The maximum absolute atomic E-state index is 14.2. The summed E-state index contributed by atoms with van der Waals surface area (Å²) in [7, 11) is 3.64. The number of nitrogens with one attached hydrogen (secondary N) is 2. The zero-order valence-corrected chi connectivity index (χ0v) is 36.2. The van der Waals surface area contributed by atoms with Crippen molar-refractivity contribution in [3.05, 3.63) is 11.1 Å². The van der Waals surface area contributed by atoms with Gasteiger partial charge in [0, 0.05) is 11.8 Å². The van der Waals surface area contributed by atoms with Crippen molar-refractivity contribution < 1.29 is 33.8 Å². The smallest absolute Gasteiger partial charge is 0.309 e. The number of likely N-dealkylation sites (N-methyl/N-ethyl adjacent to an activating group) is 1. The van der Waals surface area contributed by atoms with E-state index in [9.17, 15) is 29.1 Å². The molecular weight excluding hydrogens is 695 g/mol. The fourth-order valence-corrected chi connectivity index (χ4v) is 14.0. The summed E-state index contributed by atoms with van der Waals surface area (Å²) >= 11 is 0. The van der Waals surface area contributed by atoms with Gasteiger partial charge >= 0.3 is 11.9 Å². The van der Waals surface area contributed by atoms with E-state index in [1.54, 1.807) is 18.7 Å². The first-order chi connectivity index (χ1) is 25.2. The third kappa shape index (κ3) is 6.23. The first kappa shape index (κ1) is 41.9. The third-order valence-electron chi connectivity index (χ3n) is 17.3. The Kier molecular flexibility index (Phi) is 10.2. The SMILES string of the molecule is CC(C)C1=C2[C@H]3CC[C@@H]4[C@@]5(C)CC[C@H](OC(=O)C6C[C@@H](C(=O)O)C6(C)C)C(C)(C)[C@@H]5CC[C@@]4(C)[C@]3(C)CC[C@@]2(NC(=O)C(C)(C)NC(=O)CN(C)C)CC1=O. The van der Waals surface area contributed by atoms with Crippen LogP contribution in [0.5, 0.6) is 0 Å². The Hall–Kier alpha value is -2.75. The van der Waals surface area contributed by atoms with Crippen LogP contribution in [0.25, 0.3) is 0 Å². The van der Waals surface area contributed by atoms with Gasteiger partial charge in [-0.1, -0.05) is 62.3 Å². The maximum atomic E-state index is 14.2. The van der Waals surface area contributed by atoms with Crippen molar-refractivity contribution in [2.24, 2.45) is 62.6 Å². The average molecular weight is 766 g/mol. The number of allylic oxidation sites excluding steroid dienone is 1. The van der Waals surface area contributed by atoms with Gasteiger partial charge in [0.15, 0.2) is 5.78 Å². The number of esters is 1. The molecule has 3 N–H and O–H groups in total. The van der Waals surface area contributed by atoms with Gasteiger partial charge < -0.3 is 25.4 Å². The van der Waals surface area contributed by atoms with E-state index in [1.807, 2.05) is 27.9 Å². The summed E-state index contributed by atoms with van der Waals surface area (Å²) in [6, 6.07) is 0. The fraction of sp³-hybridized carbons (Fsp3) is 0.844. The highest BCUT2D eigenvalue weighted by Gasteiger charge is 2.70. The van der Waals surface area contributed by atoms with Gasteiger partial charge in [-0.25, -0.2) is 0 Å². The van der Waals surface area contributed by atoms with Crippen molar-refractivity contribution in [1.29, 1.82) is 0 Å². The highest BCUT2D eigenvalue weighted by Crippen LogP contribution is 2.76. The van der Waals surface area contributed by atoms with E-state index in [0.29, 0.717) is 24.7 Å². The molecule has 0 radical (unpaired) electrons. The van der Waals surface area contributed by atoms with Crippen molar-refractivity contribution >= 4 is 29.5 Å². The molecule has 308 valence electrons. The topological polar surface area (TPSA) is 142 Å². The van der Waals surface area contributed by atoms with Gasteiger partial charge in [-0.15, -0.1) is 0 Å². The molecule has 2 amide bonds. The molecule has 0 saturated heterocycles. The number of nitrogens with zero attached hydrogens (tertiary/aromatic N) is 1. The molecule has 55 heavy (non-hydrogen) atoms. The summed E-state index contributed by atoms with van der Waals surface area (Å²) in [5, 5.41) is 16.0. The van der Waals surface area contributed by atoms with Crippen LogP contribution in [0.3, 0.4) is 0 Å². The molecule has 6 aliphatic carbocycles. The van der Waals surface area contributed by atoms with Crippen molar-refractivity contribution in [2.45, 2.75) is 158 Å². The number of fused-ring (bicyclic) bond motifs is 7. The second-order valence-electron chi connectivity index (χ2n) is 21.9. The van der Waals surface area contributed by atoms with E-state index in [4.69, 9.17) is 4.74 Å². The normalized spacial score (nSPS) is 40.3. The molecule has 0 aliphatic heterocycles. The Labute approximate surface area is 330 Å². The second-order valence-corrected chi connectivity index (χ2v) is 21.9. The number of carbonyl (C=O) groups excluding carboxylic acids is 4. The molecule has 0 heterocycles. The standard InChI is InChI=1S/C45H71N3O7/c1-25(2)34-29(49)23-45(47-38(54)41(7,8)46-33(50)24-48(12)13)21-20-43(10)26(35(34)45)14-15-31-42(9)18-17-32(40(5,6)30(42)16-19-44(31,43)11)55-37(53)28-22-27(36(51)52)39(28,3)4/h25-28,30-32H,14-24H2,1-13H3,(H,46,50)(H,47,54)(H,51,52)/t26-,27+,28?,30+,31-,32+,42+,43-,44-,45-/m1/s1. The quantitative estimate of drug-likeness (QED) is 0.214. The van der Waals surface area contributed by atoms with Crippen molar-refractivity contribution in [3.8, 4) is 0 Å². The lowest BCUT2D eigenvalue weighted by molar-refractivity contribution is -0.235. The zero-order valence-electron chi connectivity index (χ0n) is 36.2. The van der Waals surface area contributed by atoms with E-state index < -0.39 is 34.3 Å². The zero-order chi connectivity index (χ0) is 41.1. The molecule has 0 aromatic heterocycles. The molecule has 1 unspecified atom stereocenters. The third-order valence-corrected chi connectivity index (χ3v) is 17.3. The predicted molar refractivity (Wildman–Crippen MR) is 212 cm³/mol. The molecule has 6 rings (SSSR count). The van der Waals surface area contributed by atoms with Gasteiger partial charge in [-0.2, -0.15) is 0 Å². The van der Waals surface area contributed by atoms with Crippen LogP contribution < -0.4 is 10.6 Å². The molecule has 0 spiro atoms. The summed E-state index contributed by atoms with van der Waals surface area (Å²) in [6.07, 6.45) is 7.83. The van der Waals surface area contributed by atoms with Crippen LogP contribution in [-0.4, -0.2) is 77.4 Å². The molecular formula is C45H71N3O7. The minimum atomic E-state index is -1.15. The number of carbonyl (C=O) groups is 5. The fourth-order valence-electron chi connectivity index (χ4n) is 14.0. The number of ether oxygens (including phenoxy) is 1. The molecule has 0 bridgehead atoms. The van der Waals surface area contributed by atoms with Gasteiger partial charge in [0.05, 0.1) is 23.9 Å². The maximum Gasteiger partial charge on any atom is 0.309 e. The summed E-state index contributed by atoms with van der Waals surface area (Å²) in [5.41, 5.74) is -0.750. The summed E-state index contributed by atoms with van der Waals surface area (Å²) in [5.74, 6) is -1.33. The Bertz CT molecular complexity index is 1680. The highest BCUT2D eigenvalue weighted by atomic mass is 16.5. The Morgan fingerprint density at radius 1 is 0.855 bits per heavy atom. The molecule has 10 nitrogen and oxygen atoms in total. The van der Waals surface area contributed by atoms with Gasteiger partial charge in [-0.05, 0) is 142 Å². The lowest BCUT2D eigenvalue weighted by atomic mass is 9.33. The monoisotopic (exact) mass is 766 g/mol. The lowest BCUT2D eigenvalue weighted by Gasteiger charge is -2.72. The number of hydrogen-bond donors (Lipinski definition) is 3. The average Bonchev–Trinajstić information content (AvgIpc) is 3.33. The number of hydrogen-bond acceptors (Lipinski definition) is 7. The van der Waals surface area contributed by atoms with E-state index in [2.05, 4.69) is 59.1 Å². The molecule has 10 heteroatoms. The van der Waals surface area contributed by atoms with E-state index in [0.717, 1.165) is 56.1 Å². The first-order valence-electron chi connectivity index (χ1n) is 21.2. The summed E-state index contributed by atoms with van der Waals surface area (Å²) < 4.78 is 6.40. The molecule has 0 aromatic rings. The number of rotatable bonds is 9. The number of Topliss-reactive ketones (excluding diaryl/α,β-unsaturated/α-hetero) is 1. The van der Waals surface area contributed by atoms with E-state index >= 15 is 0 Å². The molecule has 6 aliphatic rings. The molecule has 5 fully saturated rings. The molecule has 5 saturated carbocycles. The largest absolute Gasteiger partial charge is 0.481 e. The van der Waals surface area contributed by atoms with Crippen LogP contribution in [-0.2, 0) is 28.7 Å². The van der Waals surface area contributed by atoms with Crippen molar-refractivity contribution in [2.75, 3.05) is 20.6 Å². The van der Waals surface area contributed by atoms with Crippen LogP contribution >= 0.6 is 0 Å². The Balaban J connectivity index is 1.26. The predicted octanol–water partition coefficient (Wildman–Crippen LogP) is 6.95. The number of carboxylic acids is 1. The van der Waals surface area contributed by atoms with Gasteiger partial charge in [0.25, 0.3) is 0 Å². The summed E-state index contributed by atoms with van der Waals surface area (Å²) in [6.45, 7) is 23.8. The number of amides is 2. The van der Waals surface area contributed by atoms with Crippen LogP contribution in [0, 0.1) is 62.6 Å². The van der Waals surface area contributed by atoms with Crippen LogP contribution in [0.4, 0.5) is 0 Å². The van der Waals surface area contributed by atoms with Crippen molar-refractivity contribution in [3.63, 3.8) is 0 Å². The Morgan fingerprint density at radius 3 is 2.09 bits per heavy atom. The van der Waals surface area contributed by atoms with Crippen LogP contribution in [0.1, 0.15) is 140 Å². The number of carboxylic acid groups (broad SMARTS) is 1. The van der Waals surface area contributed by atoms with Crippen molar-refractivity contribution in [1.82, 2.24) is 15.5 Å². The van der Waals surface area contributed by atoms with Gasteiger partial charge in [0.1, 0.15) is 11.6 Å². The minimum Gasteiger partial charge on any atom is -0.481 e. The molecule has 0 aromatic carbocycles. The minimum absolute atomic E-state index is 0.00111. The van der Waals surface area contributed by atoms with Gasteiger partial charge in [0.2, 0.25) is 11.8 Å². The first-order valence-corrected chi connectivity index (χ1v) is 21.2. The number of aliphatic carboxylic acids is 1. The number of ketones is 1. The second kappa shape index (κ2) is 13.4. The Morgan fingerprint density at radius 2 is 1.51 bits per heavy atom. The van der Waals surface area contributed by atoms with Crippen LogP contribution in [0.15, 0.2) is 11.1 Å². The molecule has 10 atom stereocenters.